The SMILES string of the molecule is COc1c(C)cc(F)cc1C(Nc1cccc2nc(C)ccc12)C1(CC(C)C)CC1(F)F. The molecule has 0 aliphatic heterocycles. The Morgan fingerprint density at radius 3 is 2.47 bits per heavy atom. The Balaban J connectivity index is 1.91. The van der Waals surface area contributed by atoms with Crippen molar-refractivity contribution in [2.24, 2.45) is 11.3 Å². The molecule has 1 fully saturated rings. The van der Waals surface area contributed by atoms with Gasteiger partial charge in [0.25, 0.3) is 5.92 Å². The van der Waals surface area contributed by atoms with Gasteiger partial charge in [-0.05, 0) is 68.1 Å². The molecule has 1 aliphatic carbocycles. The van der Waals surface area contributed by atoms with Crippen LogP contribution in [-0.4, -0.2) is 18.0 Å². The van der Waals surface area contributed by atoms with Crippen molar-refractivity contribution < 1.29 is 17.9 Å². The Hall–Kier alpha value is -2.76. The number of aromatic nitrogens is 1. The van der Waals surface area contributed by atoms with Crippen LogP contribution in [0, 0.1) is 31.0 Å². The number of aryl methyl sites for hydroxylation is 2. The molecule has 1 aliphatic rings. The molecule has 32 heavy (non-hydrogen) atoms. The van der Waals surface area contributed by atoms with Crippen molar-refractivity contribution in [3.8, 4) is 5.75 Å². The number of methoxy groups -OCH3 is 1. The Morgan fingerprint density at radius 2 is 1.84 bits per heavy atom. The molecule has 2 unspecified atom stereocenters. The summed E-state index contributed by atoms with van der Waals surface area (Å²) >= 11 is 0. The number of hydrogen-bond acceptors (Lipinski definition) is 3. The summed E-state index contributed by atoms with van der Waals surface area (Å²) < 4.78 is 50.2. The fraction of sp³-hybridized carbons (Fsp3) is 0.423. The minimum atomic E-state index is -2.86. The van der Waals surface area contributed by atoms with Crippen LogP contribution in [0.4, 0.5) is 18.9 Å². The number of halogens is 3. The molecule has 6 heteroatoms. The van der Waals surface area contributed by atoms with Crippen LogP contribution in [0.25, 0.3) is 10.9 Å². The molecule has 0 amide bonds. The smallest absolute Gasteiger partial charge is 0.257 e. The third-order valence-electron chi connectivity index (χ3n) is 6.42. The minimum absolute atomic E-state index is 0.0464. The lowest BCUT2D eigenvalue weighted by Gasteiger charge is -2.33. The molecular weight excluding hydrogens is 413 g/mol. The van der Waals surface area contributed by atoms with E-state index in [2.05, 4.69) is 10.3 Å². The van der Waals surface area contributed by atoms with Crippen molar-refractivity contribution >= 4 is 16.6 Å². The van der Waals surface area contributed by atoms with Gasteiger partial charge in [0.2, 0.25) is 0 Å². The van der Waals surface area contributed by atoms with Gasteiger partial charge in [-0.3, -0.25) is 4.98 Å². The fourth-order valence-electron chi connectivity index (χ4n) is 5.03. The van der Waals surface area contributed by atoms with Crippen molar-refractivity contribution in [2.75, 3.05) is 12.4 Å². The van der Waals surface area contributed by atoms with Crippen LogP contribution in [0.1, 0.15) is 49.6 Å². The summed E-state index contributed by atoms with van der Waals surface area (Å²) in [5.41, 5.74) is 1.99. The van der Waals surface area contributed by atoms with E-state index in [-0.39, 0.29) is 12.3 Å². The Bertz CT molecular complexity index is 1160. The third kappa shape index (κ3) is 3.80. The van der Waals surface area contributed by atoms with Crippen LogP contribution in [-0.2, 0) is 0 Å². The van der Waals surface area contributed by atoms with E-state index >= 15 is 8.78 Å². The fourth-order valence-corrected chi connectivity index (χ4v) is 5.03. The third-order valence-corrected chi connectivity index (χ3v) is 6.42. The number of fused-ring (bicyclic) bond motifs is 1. The monoisotopic (exact) mass is 442 g/mol. The summed E-state index contributed by atoms with van der Waals surface area (Å²) in [5.74, 6) is -2.85. The van der Waals surface area contributed by atoms with E-state index in [4.69, 9.17) is 4.74 Å². The largest absolute Gasteiger partial charge is 0.496 e. The molecule has 2 aromatic carbocycles. The lowest BCUT2D eigenvalue weighted by Crippen LogP contribution is -2.29. The first kappa shape index (κ1) is 22.4. The van der Waals surface area contributed by atoms with Crippen molar-refractivity contribution in [2.45, 2.75) is 52.5 Å². The maximum absolute atomic E-state index is 15.1. The van der Waals surface area contributed by atoms with Gasteiger partial charge in [-0.25, -0.2) is 13.2 Å². The summed E-state index contributed by atoms with van der Waals surface area (Å²) in [4.78, 5) is 4.56. The minimum Gasteiger partial charge on any atom is -0.496 e. The van der Waals surface area contributed by atoms with Crippen LogP contribution in [0.15, 0.2) is 42.5 Å². The van der Waals surface area contributed by atoms with E-state index in [0.29, 0.717) is 29.0 Å². The topological polar surface area (TPSA) is 34.1 Å². The summed E-state index contributed by atoms with van der Waals surface area (Å²) in [6, 6.07) is 11.3. The highest BCUT2D eigenvalue weighted by Crippen LogP contribution is 2.70. The molecule has 3 nitrogen and oxygen atoms in total. The van der Waals surface area contributed by atoms with Crippen molar-refractivity contribution in [1.82, 2.24) is 4.98 Å². The van der Waals surface area contributed by atoms with Crippen molar-refractivity contribution in [1.29, 1.82) is 0 Å². The Labute approximate surface area is 187 Å². The molecule has 4 rings (SSSR count). The lowest BCUT2D eigenvalue weighted by molar-refractivity contribution is 0.0462. The molecule has 1 saturated carbocycles. The van der Waals surface area contributed by atoms with Crippen LogP contribution < -0.4 is 10.1 Å². The molecule has 1 aromatic heterocycles. The highest BCUT2D eigenvalue weighted by molar-refractivity contribution is 5.91. The van der Waals surface area contributed by atoms with Crippen LogP contribution in [0.3, 0.4) is 0 Å². The number of ether oxygens (including phenoxy) is 1. The molecule has 1 heterocycles. The van der Waals surface area contributed by atoms with Gasteiger partial charge in [-0.15, -0.1) is 0 Å². The number of hydrogen-bond donors (Lipinski definition) is 1. The molecular formula is C26H29F3N2O. The number of nitrogens with zero attached hydrogens (tertiary/aromatic N) is 1. The van der Waals surface area contributed by atoms with Gasteiger partial charge in [-0.1, -0.05) is 19.9 Å². The second kappa shape index (κ2) is 7.98. The molecule has 3 aromatic rings. The zero-order valence-electron chi connectivity index (χ0n) is 19.1. The lowest BCUT2D eigenvalue weighted by atomic mass is 9.81. The number of pyridine rings is 1. The van der Waals surface area contributed by atoms with Gasteiger partial charge in [-0.2, -0.15) is 0 Å². The average Bonchev–Trinajstić information content (AvgIpc) is 3.25. The van der Waals surface area contributed by atoms with E-state index in [1.165, 1.54) is 19.2 Å². The average molecular weight is 443 g/mol. The predicted molar refractivity (Wildman–Crippen MR) is 122 cm³/mol. The molecule has 1 N–H and O–H groups in total. The van der Waals surface area contributed by atoms with Crippen LogP contribution >= 0.6 is 0 Å². The second-order valence-electron chi connectivity index (χ2n) is 9.38. The van der Waals surface area contributed by atoms with Gasteiger partial charge >= 0.3 is 0 Å². The maximum Gasteiger partial charge on any atom is 0.257 e. The molecule has 0 bridgehead atoms. The van der Waals surface area contributed by atoms with Gasteiger partial charge in [0.05, 0.1) is 24.1 Å². The van der Waals surface area contributed by atoms with Gasteiger partial charge in [0.1, 0.15) is 11.6 Å². The van der Waals surface area contributed by atoms with E-state index in [1.807, 2.05) is 51.1 Å². The van der Waals surface area contributed by atoms with E-state index in [1.54, 1.807) is 6.92 Å². The number of benzene rings is 2. The van der Waals surface area contributed by atoms with E-state index < -0.39 is 23.2 Å². The first-order valence-corrected chi connectivity index (χ1v) is 10.9. The van der Waals surface area contributed by atoms with Crippen molar-refractivity contribution in [3.63, 3.8) is 0 Å². The quantitative estimate of drug-likeness (QED) is 0.419. The highest BCUT2D eigenvalue weighted by atomic mass is 19.3. The molecule has 0 radical (unpaired) electrons. The molecule has 2 atom stereocenters. The molecule has 170 valence electrons. The Morgan fingerprint density at radius 1 is 1.12 bits per heavy atom. The van der Waals surface area contributed by atoms with Crippen LogP contribution in [0.5, 0.6) is 5.75 Å². The number of rotatable bonds is 7. The first-order valence-electron chi connectivity index (χ1n) is 10.9. The summed E-state index contributed by atoms with van der Waals surface area (Å²) in [6.45, 7) is 7.51. The van der Waals surface area contributed by atoms with Gasteiger partial charge < -0.3 is 10.1 Å². The molecule has 0 spiro atoms. The zero-order valence-corrected chi connectivity index (χ0v) is 19.1. The maximum atomic E-state index is 15.1. The van der Waals surface area contributed by atoms with Crippen LogP contribution in [0.2, 0.25) is 0 Å². The number of anilines is 1. The zero-order chi connectivity index (χ0) is 23.3. The second-order valence-corrected chi connectivity index (χ2v) is 9.38. The molecule has 0 saturated heterocycles. The Kier molecular flexibility index (Phi) is 5.60. The summed E-state index contributed by atoms with van der Waals surface area (Å²) in [6.07, 6.45) is 0.0508. The summed E-state index contributed by atoms with van der Waals surface area (Å²) in [5, 5.41) is 4.22. The van der Waals surface area contributed by atoms with Gasteiger partial charge in [0.15, 0.2) is 0 Å². The van der Waals surface area contributed by atoms with E-state index in [0.717, 1.165) is 16.6 Å². The highest BCUT2D eigenvalue weighted by Gasteiger charge is 2.74. The van der Waals surface area contributed by atoms with E-state index in [9.17, 15) is 4.39 Å². The summed E-state index contributed by atoms with van der Waals surface area (Å²) in [7, 11) is 1.49. The van der Waals surface area contributed by atoms with Gasteiger partial charge in [0, 0.05) is 28.8 Å². The standard InChI is InChI=1S/C26H29F3N2O/c1-15(2)13-25(14-26(25,28)29)24(20-12-18(27)11-16(3)23(20)32-5)31-22-8-6-7-21-19(22)10-9-17(4)30-21/h6-12,15,24,31H,13-14H2,1-5H3. The first-order chi connectivity index (χ1) is 15.1. The normalized spacial score (nSPS) is 20.4. The number of alkyl halides is 2. The van der Waals surface area contributed by atoms with Crippen molar-refractivity contribution in [3.05, 3.63) is 65.1 Å². The predicted octanol–water partition coefficient (Wildman–Crippen LogP) is 7.22. The number of nitrogens with one attached hydrogen (secondary N) is 1.